The van der Waals surface area contributed by atoms with Crippen LogP contribution in [0.15, 0.2) is 71.8 Å². The van der Waals surface area contributed by atoms with Crippen molar-refractivity contribution in [2.75, 3.05) is 26.4 Å². The average molecular weight is 510 g/mol. The molecule has 38 heavy (non-hydrogen) atoms. The minimum absolute atomic E-state index is 0.0504. The van der Waals surface area contributed by atoms with Crippen molar-refractivity contribution in [1.82, 2.24) is 9.91 Å². The molecule has 0 aromatic heterocycles. The molecular formula is C32H35N3O3. The van der Waals surface area contributed by atoms with E-state index >= 15 is 0 Å². The summed E-state index contributed by atoms with van der Waals surface area (Å²) in [7, 11) is 0. The monoisotopic (exact) mass is 509 g/mol. The van der Waals surface area contributed by atoms with Crippen molar-refractivity contribution in [3.8, 4) is 11.5 Å². The van der Waals surface area contributed by atoms with Gasteiger partial charge in [-0.2, -0.15) is 5.10 Å². The van der Waals surface area contributed by atoms with Crippen LogP contribution in [0.1, 0.15) is 53.1 Å². The van der Waals surface area contributed by atoms with E-state index in [1.54, 1.807) is 5.01 Å². The summed E-state index contributed by atoms with van der Waals surface area (Å²) >= 11 is 0. The second kappa shape index (κ2) is 10.6. The normalized spacial score (nSPS) is 19.6. The second-order valence-corrected chi connectivity index (χ2v) is 10.8. The van der Waals surface area contributed by atoms with Gasteiger partial charge in [0.15, 0.2) is 11.5 Å². The van der Waals surface area contributed by atoms with Crippen LogP contribution in [-0.2, 0) is 11.2 Å². The number of hydrogen-bond acceptors (Lipinski definition) is 5. The van der Waals surface area contributed by atoms with Crippen LogP contribution in [0.25, 0.3) is 0 Å². The van der Waals surface area contributed by atoms with Crippen molar-refractivity contribution >= 4 is 11.6 Å². The number of hydrazone groups is 1. The van der Waals surface area contributed by atoms with Gasteiger partial charge in [0, 0.05) is 12.0 Å². The maximum atomic E-state index is 13.8. The van der Waals surface area contributed by atoms with Gasteiger partial charge in [0.1, 0.15) is 0 Å². The molecule has 6 rings (SSSR count). The first-order valence-electron chi connectivity index (χ1n) is 13.7. The number of nitrogens with zero attached hydrogens (tertiary/aromatic N) is 3. The molecular weight excluding hydrogens is 474 g/mol. The lowest BCUT2D eigenvalue weighted by atomic mass is 9.90. The highest BCUT2D eigenvalue weighted by Crippen LogP contribution is 2.39. The van der Waals surface area contributed by atoms with Crippen molar-refractivity contribution in [2.24, 2.45) is 11.0 Å². The summed E-state index contributed by atoms with van der Waals surface area (Å²) in [6, 6.07) is 23.0. The van der Waals surface area contributed by atoms with E-state index in [9.17, 15) is 4.79 Å². The number of hydrogen-bond donors (Lipinski definition) is 0. The molecule has 1 saturated heterocycles. The number of amides is 1. The lowest BCUT2D eigenvalue weighted by Gasteiger charge is -2.33. The molecule has 1 atom stereocenters. The summed E-state index contributed by atoms with van der Waals surface area (Å²) in [5.41, 5.74) is 6.87. The van der Waals surface area contributed by atoms with Gasteiger partial charge in [-0.1, -0.05) is 54.1 Å². The Hall–Kier alpha value is -3.64. The van der Waals surface area contributed by atoms with Gasteiger partial charge in [-0.3, -0.25) is 9.69 Å². The molecule has 0 saturated carbocycles. The smallest absolute Gasteiger partial charge is 0.257 e. The number of ether oxygens (including phenoxy) is 2. The van der Waals surface area contributed by atoms with Crippen molar-refractivity contribution in [1.29, 1.82) is 0 Å². The van der Waals surface area contributed by atoms with Crippen LogP contribution in [0.4, 0.5) is 0 Å². The molecule has 1 fully saturated rings. The van der Waals surface area contributed by atoms with E-state index in [4.69, 9.17) is 14.6 Å². The van der Waals surface area contributed by atoms with Crippen molar-refractivity contribution in [3.63, 3.8) is 0 Å². The van der Waals surface area contributed by atoms with E-state index in [0.717, 1.165) is 60.7 Å². The fraction of sp³-hybridized carbons (Fsp3) is 0.375. The van der Waals surface area contributed by atoms with Crippen molar-refractivity contribution < 1.29 is 14.3 Å². The first kappa shape index (κ1) is 24.7. The Labute approximate surface area is 224 Å². The Morgan fingerprint density at radius 1 is 0.947 bits per heavy atom. The fourth-order valence-electron chi connectivity index (χ4n) is 5.89. The Morgan fingerprint density at radius 2 is 1.74 bits per heavy atom. The molecule has 196 valence electrons. The quantitative estimate of drug-likeness (QED) is 0.430. The van der Waals surface area contributed by atoms with Crippen LogP contribution in [0, 0.1) is 19.8 Å². The number of aryl methyl sites for hydroxylation is 2. The summed E-state index contributed by atoms with van der Waals surface area (Å²) in [5, 5.41) is 6.68. The van der Waals surface area contributed by atoms with Gasteiger partial charge in [-0.25, -0.2) is 5.01 Å². The highest BCUT2D eigenvalue weighted by Gasteiger charge is 2.35. The third-order valence-electron chi connectivity index (χ3n) is 8.08. The maximum Gasteiger partial charge on any atom is 0.257 e. The molecule has 3 aliphatic rings. The van der Waals surface area contributed by atoms with Gasteiger partial charge in [0.2, 0.25) is 6.79 Å². The van der Waals surface area contributed by atoms with E-state index in [-0.39, 0.29) is 18.7 Å². The minimum Gasteiger partial charge on any atom is -0.454 e. The highest BCUT2D eigenvalue weighted by atomic mass is 16.7. The van der Waals surface area contributed by atoms with E-state index in [1.807, 2.05) is 18.2 Å². The highest BCUT2D eigenvalue weighted by molar-refractivity contribution is 6.04. The largest absolute Gasteiger partial charge is 0.454 e. The molecule has 0 bridgehead atoms. The van der Waals surface area contributed by atoms with Crippen LogP contribution in [0.3, 0.4) is 0 Å². The third-order valence-corrected chi connectivity index (χ3v) is 8.08. The van der Waals surface area contributed by atoms with Gasteiger partial charge in [0.25, 0.3) is 5.91 Å². The zero-order chi connectivity index (χ0) is 26.1. The molecule has 6 nitrogen and oxygen atoms in total. The van der Waals surface area contributed by atoms with E-state index < -0.39 is 0 Å². The number of fused-ring (bicyclic) bond motifs is 1. The predicted octanol–water partition coefficient (Wildman–Crippen LogP) is 5.66. The number of benzene rings is 3. The summed E-state index contributed by atoms with van der Waals surface area (Å²) in [4.78, 5) is 16.1. The van der Waals surface area contributed by atoms with Crippen LogP contribution in [-0.4, -0.2) is 48.0 Å². The lowest BCUT2D eigenvalue weighted by molar-refractivity contribution is -0.134. The van der Waals surface area contributed by atoms with E-state index in [1.165, 1.54) is 16.7 Å². The van der Waals surface area contributed by atoms with Gasteiger partial charge in [-0.05, 0) is 87.0 Å². The fourth-order valence-corrected chi connectivity index (χ4v) is 5.89. The van der Waals surface area contributed by atoms with Crippen molar-refractivity contribution in [3.05, 3.63) is 94.5 Å². The van der Waals surface area contributed by atoms with Crippen LogP contribution >= 0.6 is 0 Å². The number of piperidine rings is 1. The molecule has 0 spiro atoms. The molecule has 6 heteroatoms. The van der Waals surface area contributed by atoms with E-state index in [0.29, 0.717) is 18.9 Å². The predicted molar refractivity (Wildman–Crippen MR) is 149 cm³/mol. The molecule has 3 aromatic rings. The summed E-state index contributed by atoms with van der Waals surface area (Å²) in [5.74, 6) is 2.20. The summed E-state index contributed by atoms with van der Waals surface area (Å²) < 4.78 is 11.2. The molecule has 3 aliphatic heterocycles. The Balaban J connectivity index is 1.18. The summed E-state index contributed by atoms with van der Waals surface area (Å²) in [6.07, 6.45) is 4.02. The molecule has 0 aliphatic carbocycles. The zero-order valence-corrected chi connectivity index (χ0v) is 22.2. The number of carbonyl (C=O) groups excluding carboxylic acids is 1. The Morgan fingerprint density at radius 3 is 2.55 bits per heavy atom. The van der Waals surface area contributed by atoms with Gasteiger partial charge in [0.05, 0.1) is 18.3 Å². The first-order chi connectivity index (χ1) is 18.5. The standard InChI is InChI=1S/C32H35N3O3/c1-22-8-9-23(2)27(16-22)28-19-29(26-10-11-30-31(18-26)38-21-37-30)35(33-28)32(36)20-34-14-12-25(13-15-34)17-24-6-4-3-5-7-24/h3-11,16,18,25,29H,12-15,17,19-21H2,1-2H3. The third kappa shape index (κ3) is 5.18. The molecule has 0 radical (unpaired) electrons. The lowest BCUT2D eigenvalue weighted by Crippen LogP contribution is -2.42. The van der Waals surface area contributed by atoms with Gasteiger partial charge in [-0.15, -0.1) is 0 Å². The van der Waals surface area contributed by atoms with E-state index in [2.05, 4.69) is 67.3 Å². The Kier molecular flexibility index (Phi) is 6.90. The molecule has 3 aromatic carbocycles. The molecule has 3 heterocycles. The topological polar surface area (TPSA) is 54.4 Å². The van der Waals surface area contributed by atoms with Gasteiger partial charge >= 0.3 is 0 Å². The number of likely N-dealkylation sites (tertiary alicyclic amines) is 1. The SMILES string of the molecule is Cc1ccc(C)c(C2=NN(C(=O)CN3CCC(Cc4ccccc4)CC3)C(c3ccc4c(c3)OCO4)C2)c1. The second-order valence-electron chi connectivity index (χ2n) is 10.8. The molecule has 1 unspecified atom stereocenters. The summed E-state index contributed by atoms with van der Waals surface area (Å²) in [6.45, 7) is 6.72. The Bertz CT molecular complexity index is 1350. The molecule has 0 N–H and O–H groups in total. The number of carbonyl (C=O) groups is 1. The average Bonchev–Trinajstić information content (AvgIpc) is 3.59. The van der Waals surface area contributed by atoms with Crippen LogP contribution in [0.2, 0.25) is 0 Å². The van der Waals surface area contributed by atoms with Gasteiger partial charge < -0.3 is 9.47 Å². The number of rotatable bonds is 6. The first-order valence-corrected chi connectivity index (χ1v) is 13.7. The van der Waals surface area contributed by atoms with Crippen molar-refractivity contribution in [2.45, 2.75) is 45.6 Å². The molecule has 1 amide bonds. The maximum absolute atomic E-state index is 13.8. The minimum atomic E-state index is -0.164. The zero-order valence-electron chi connectivity index (χ0n) is 22.2. The van der Waals surface area contributed by atoms with Crippen LogP contribution in [0.5, 0.6) is 11.5 Å². The van der Waals surface area contributed by atoms with Crippen LogP contribution < -0.4 is 9.47 Å².